The van der Waals surface area contributed by atoms with Gasteiger partial charge in [-0.1, -0.05) is 22.0 Å². The van der Waals surface area contributed by atoms with Crippen LogP contribution in [0.2, 0.25) is 0 Å². The number of nitrogens with one attached hydrogen (secondary N) is 1. The highest BCUT2D eigenvalue weighted by atomic mass is 79.9. The summed E-state index contributed by atoms with van der Waals surface area (Å²) in [4.78, 5) is 46.0. The predicted molar refractivity (Wildman–Crippen MR) is 121 cm³/mol. The molecule has 2 aromatic carbocycles. The van der Waals surface area contributed by atoms with E-state index in [1.807, 2.05) is 18.2 Å². The third kappa shape index (κ3) is 3.80. The summed E-state index contributed by atoms with van der Waals surface area (Å²) in [6.45, 7) is 0.566. The van der Waals surface area contributed by atoms with Gasteiger partial charge in [0.05, 0.1) is 23.3 Å². The smallest absolute Gasteiger partial charge is 0.260 e. The first-order valence-corrected chi connectivity index (χ1v) is 11.0. The molecule has 0 spiro atoms. The zero-order valence-corrected chi connectivity index (χ0v) is 18.5. The van der Waals surface area contributed by atoms with Gasteiger partial charge in [0.15, 0.2) is 6.61 Å². The molecule has 5 rings (SSSR count). The Bertz CT molecular complexity index is 1250. The number of halogens is 1. The van der Waals surface area contributed by atoms with E-state index in [0.29, 0.717) is 23.5 Å². The molecule has 2 aliphatic heterocycles. The fraction of sp³-hybridized carbons (Fsp3) is 0.217. The minimum atomic E-state index is -0.753. The lowest BCUT2D eigenvalue weighted by Crippen LogP contribution is -2.60. The van der Waals surface area contributed by atoms with Crippen molar-refractivity contribution >= 4 is 50.2 Å². The molecule has 0 radical (unpaired) electrons. The van der Waals surface area contributed by atoms with Crippen molar-refractivity contribution in [2.45, 2.75) is 6.04 Å². The first-order chi connectivity index (χ1) is 15.5. The Balaban J connectivity index is 1.27. The number of amides is 3. The summed E-state index contributed by atoms with van der Waals surface area (Å²) in [6.07, 6.45) is 1.70. The molecule has 3 amide bonds. The highest BCUT2D eigenvalue weighted by Crippen LogP contribution is 2.28. The number of anilines is 1. The molecule has 1 atom stereocenters. The van der Waals surface area contributed by atoms with E-state index >= 15 is 0 Å². The van der Waals surface area contributed by atoms with Gasteiger partial charge in [0.25, 0.3) is 11.8 Å². The number of aromatic nitrogens is 1. The summed E-state index contributed by atoms with van der Waals surface area (Å²) in [5.74, 6) is -0.225. The number of ether oxygens (including phenoxy) is 1. The van der Waals surface area contributed by atoms with Gasteiger partial charge in [-0.15, -0.1) is 0 Å². The van der Waals surface area contributed by atoms with E-state index in [1.165, 1.54) is 4.90 Å². The third-order valence-corrected chi connectivity index (χ3v) is 6.20. The molecule has 3 aromatic rings. The van der Waals surface area contributed by atoms with Crippen molar-refractivity contribution in [1.29, 1.82) is 0 Å². The number of carbonyl (C=O) groups excluding carboxylic acids is 3. The van der Waals surface area contributed by atoms with Crippen molar-refractivity contribution < 1.29 is 19.1 Å². The number of piperazine rings is 1. The molecule has 2 aliphatic rings. The molecule has 8 nitrogen and oxygen atoms in total. The molecule has 1 aromatic heterocycles. The number of rotatable bonds is 3. The summed E-state index contributed by atoms with van der Waals surface area (Å²) < 4.78 is 6.44. The van der Waals surface area contributed by atoms with Crippen LogP contribution in [0.5, 0.6) is 5.75 Å². The first kappa shape index (κ1) is 20.4. The number of benzene rings is 2. The maximum Gasteiger partial charge on any atom is 0.260 e. The molecule has 0 aliphatic carbocycles. The van der Waals surface area contributed by atoms with Crippen LogP contribution in [-0.4, -0.2) is 64.8 Å². The topological polar surface area (TPSA) is 91.8 Å². The molecule has 1 fully saturated rings. The van der Waals surface area contributed by atoms with Gasteiger partial charge in [-0.05, 0) is 36.4 Å². The Labute approximate surface area is 192 Å². The number of carbonyl (C=O) groups is 3. The molecule has 1 unspecified atom stereocenters. The van der Waals surface area contributed by atoms with Crippen LogP contribution in [0.15, 0.2) is 59.2 Å². The van der Waals surface area contributed by atoms with Gasteiger partial charge in [0.2, 0.25) is 5.91 Å². The minimum Gasteiger partial charge on any atom is -0.484 e. The van der Waals surface area contributed by atoms with Gasteiger partial charge in [-0.25, -0.2) is 0 Å². The maximum absolute atomic E-state index is 13.0. The van der Waals surface area contributed by atoms with Gasteiger partial charge >= 0.3 is 0 Å². The van der Waals surface area contributed by atoms with Crippen LogP contribution >= 0.6 is 15.9 Å². The van der Waals surface area contributed by atoms with Crippen molar-refractivity contribution in [2.75, 3.05) is 31.6 Å². The fourth-order valence-electron chi connectivity index (χ4n) is 4.02. The number of nitrogens with zero attached hydrogens (tertiary/aromatic N) is 3. The lowest BCUT2D eigenvalue weighted by molar-refractivity contribution is -0.137. The zero-order valence-electron chi connectivity index (χ0n) is 17.0. The molecule has 162 valence electrons. The SMILES string of the molecule is O=C1Nc2ccc(Br)cc2C(=O)N2CCN(C(=O)COc3ccc4cccnc4c3)CC12. The van der Waals surface area contributed by atoms with Gasteiger partial charge in [0, 0.05) is 35.2 Å². The van der Waals surface area contributed by atoms with Crippen molar-refractivity contribution in [2.24, 2.45) is 0 Å². The van der Waals surface area contributed by atoms with E-state index in [4.69, 9.17) is 4.74 Å². The van der Waals surface area contributed by atoms with Crippen molar-refractivity contribution in [3.8, 4) is 5.75 Å². The quantitative estimate of drug-likeness (QED) is 0.604. The van der Waals surface area contributed by atoms with E-state index in [2.05, 4.69) is 26.2 Å². The number of pyridine rings is 1. The largest absolute Gasteiger partial charge is 0.484 e. The molecule has 3 heterocycles. The van der Waals surface area contributed by atoms with Gasteiger partial charge in [0.1, 0.15) is 11.8 Å². The maximum atomic E-state index is 13.0. The van der Waals surface area contributed by atoms with Crippen LogP contribution in [0.4, 0.5) is 5.69 Å². The van der Waals surface area contributed by atoms with E-state index < -0.39 is 6.04 Å². The summed E-state index contributed by atoms with van der Waals surface area (Å²) >= 11 is 3.37. The number of hydrogen-bond acceptors (Lipinski definition) is 5. The Morgan fingerprint density at radius 2 is 2.03 bits per heavy atom. The number of fused-ring (bicyclic) bond motifs is 3. The highest BCUT2D eigenvalue weighted by Gasteiger charge is 2.40. The predicted octanol–water partition coefficient (Wildman–Crippen LogP) is 2.68. The van der Waals surface area contributed by atoms with Crippen LogP contribution in [0.3, 0.4) is 0 Å². The third-order valence-electron chi connectivity index (χ3n) is 5.71. The average Bonchev–Trinajstić information content (AvgIpc) is 2.91. The lowest BCUT2D eigenvalue weighted by Gasteiger charge is -2.39. The van der Waals surface area contributed by atoms with Crippen LogP contribution in [-0.2, 0) is 9.59 Å². The molecule has 1 N–H and O–H groups in total. The summed E-state index contributed by atoms with van der Waals surface area (Å²) in [5, 5.41) is 3.80. The van der Waals surface area contributed by atoms with Crippen LogP contribution in [0.25, 0.3) is 10.9 Å². The van der Waals surface area contributed by atoms with Crippen molar-refractivity contribution in [3.05, 3.63) is 64.8 Å². The second-order valence-electron chi connectivity index (χ2n) is 7.68. The van der Waals surface area contributed by atoms with Crippen LogP contribution < -0.4 is 10.1 Å². The minimum absolute atomic E-state index is 0.119. The molecular weight excluding hydrogens is 476 g/mol. The highest BCUT2D eigenvalue weighted by molar-refractivity contribution is 9.10. The molecule has 9 heteroatoms. The summed E-state index contributed by atoms with van der Waals surface area (Å²) in [6, 6.07) is 13.7. The molecule has 32 heavy (non-hydrogen) atoms. The zero-order chi connectivity index (χ0) is 22.2. The fourth-order valence-corrected chi connectivity index (χ4v) is 4.38. The van der Waals surface area contributed by atoms with Crippen molar-refractivity contribution in [1.82, 2.24) is 14.8 Å². The van der Waals surface area contributed by atoms with E-state index in [0.717, 1.165) is 15.4 Å². The molecule has 0 bridgehead atoms. The van der Waals surface area contributed by atoms with Crippen LogP contribution in [0.1, 0.15) is 10.4 Å². The van der Waals surface area contributed by atoms with Gasteiger partial charge < -0.3 is 19.9 Å². The normalized spacial score (nSPS) is 18.0. The Kier molecular flexibility index (Phi) is 5.26. The summed E-state index contributed by atoms with van der Waals surface area (Å²) in [7, 11) is 0. The Morgan fingerprint density at radius 3 is 2.91 bits per heavy atom. The number of hydrogen-bond donors (Lipinski definition) is 1. The van der Waals surface area contributed by atoms with Crippen LogP contribution in [0, 0.1) is 0 Å². The van der Waals surface area contributed by atoms with Crippen molar-refractivity contribution in [3.63, 3.8) is 0 Å². The first-order valence-electron chi connectivity index (χ1n) is 10.2. The van der Waals surface area contributed by atoms with E-state index in [1.54, 1.807) is 41.4 Å². The lowest BCUT2D eigenvalue weighted by atomic mass is 10.1. The average molecular weight is 495 g/mol. The van der Waals surface area contributed by atoms with E-state index in [9.17, 15) is 14.4 Å². The second kappa shape index (κ2) is 8.23. The Morgan fingerprint density at radius 1 is 1.16 bits per heavy atom. The molecule has 0 saturated carbocycles. The van der Waals surface area contributed by atoms with Gasteiger partial charge in [-0.3, -0.25) is 19.4 Å². The Hall–Kier alpha value is -3.46. The van der Waals surface area contributed by atoms with Gasteiger partial charge in [-0.2, -0.15) is 0 Å². The standard InChI is InChI=1S/C23H19BrN4O4/c24-15-4-6-18-17(10-15)23(31)28-9-8-27(12-20(28)22(30)26-18)21(29)13-32-16-5-3-14-2-1-7-25-19(14)11-16/h1-7,10-11,20H,8-9,12-13H2,(H,26,30). The molecular formula is C23H19BrN4O4. The molecule has 1 saturated heterocycles. The second-order valence-corrected chi connectivity index (χ2v) is 8.60. The monoisotopic (exact) mass is 494 g/mol. The van der Waals surface area contributed by atoms with E-state index in [-0.39, 0.29) is 37.4 Å². The summed E-state index contributed by atoms with van der Waals surface area (Å²) in [5.41, 5.74) is 1.69.